The summed E-state index contributed by atoms with van der Waals surface area (Å²) in [6, 6.07) is 20.2. The van der Waals surface area contributed by atoms with Crippen molar-refractivity contribution in [3.8, 4) is 22.9 Å². The van der Waals surface area contributed by atoms with Gasteiger partial charge in [-0.05, 0) is 41.5 Å². The Hall–Kier alpha value is -4.76. The number of carbonyl (C=O) groups is 1. The quantitative estimate of drug-likeness (QED) is 0.232. The summed E-state index contributed by atoms with van der Waals surface area (Å²) < 4.78 is 10.8. The molecule has 2 aromatic heterocycles. The summed E-state index contributed by atoms with van der Waals surface area (Å²) in [7, 11) is 3.19. The zero-order chi connectivity index (χ0) is 25.8. The topological polar surface area (TPSA) is 106 Å². The van der Waals surface area contributed by atoms with E-state index in [9.17, 15) is 4.79 Å². The monoisotopic (exact) mass is 510 g/mol. The van der Waals surface area contributed by atoms with Crippen LogP contribution in [0.4, 0.5) is 11.5 Å². The second-order valence-corrected chi connectivity index (χ2v) is 8.82. The van der Waals surface area contributed by atoms with Gasteiger partial charge in [0, 0.05) is 17.3 Å². The molecule has 8 nitrogen and oxygen atoms in total. The minimum absolute atomic E-state index is 0.257. The first-order chi connectivity index (χ1) is 18.0. The van der Waals surface area contributed by atoms with E-state index in [-0.39, 0.29) is 5.56 Å². The van der Waals surface area contributed by atoms with Crippen LogP contribution in [-0.4, -0.2) is 40.2 Å². The van der Waals surface area contributed by atoms with E-state index in [0.29, 0.717) is 28.7 Å². The number of fused-ring (bicyclic) bond motifs is 1. The number of aromatic nitrogens is 3. The minimum Gasteiger partial charge on any atom is -0.493 e. The standard InChI is InChI=1S/C28H22N4O4S/c1-35-22-13-12-21(15-23(22)36-2)30-26-24-27(37-16-29-24)32-25(31-26)20-5-3-4-18(14-20)7-6-17-8-10-19(11-9-17)28(33)34/h3-16H,1-2H3,(H,33,34)(H,30,31,32). The van der Waals surface area contributed by atoms with E-state index in [0.717, 1.165) is 27.2 Å². The summed E-state index contributed by atoms with van der Waals surface area (Å²) in [6.07, 6.45) is 3.90. The Morgan fingerprint density at radius 2 is 1.70 bits per heavy atom. The highest BCUT2D eigenvalue weighted by atomic mass is 32.1. The lowest BCUT2D eigenvalue weighted by molar-refractivity contribution is 0.0697. The van der Waals surface area contributed by atoms with Gasteiger partial charge >= 0.3 is 5.97 Å². The van der Waals surface area contributed by atoms with Gasteiger partial charge in [0.25, 0.3) is 0 Å². The first kappa shape index (κ1) is 24.0. The number of anilines is 2. The maximum absolute atomic E-state index is 11.1. The maximum Gasteiger partial charge on any atom is 0.335 e. The number of nitrogens with zero attached hydrogens (tertiary/aromatic N) is 3. The van der Waals surface area contributed by atoms with Crippen molar-refractivity contribution in [3.05, 3.63) is 88.9 Å². The van der Waals surface area contributed by atoms with Crippen LogP contribution in [0, 0.1) is 0 Å². The van der Waals surface area contributed by atoms with Gasteiger partial charge in [-0.3, -0.25) is 0 Å². The molecule has 9 heteroatoms. The van der Waals surface area contributed by atoms with E-state index in [4.69, 9.17) is 24.5 Å². The van der Waals surface area contributed by atoms with Crippen molar-refractivity contribution in [2.75, 3.05) is 19.5 Å². The molecule has 0 fully saturated rings. The summed E-state index contributed by atoms with van der Waals surface area (Å²) in [4.78, 5) is 25.8. The number of hydrogen-bond acceptors (Lipinski definition) is 8. The van der Waals surface area contributed by atoms with Gasteiger partial charge in [-0.15, -0.1) is 11.3 Å². The molecular weight excluding hydrogens is 488 g/mol. The van der Waals surface area contributed by atoms with E-state index in [1.807, 2.05) is 54.6 Å². The molecule has 0 aliphatic rings. The van der Waals surface area contributed by atoms with Gasteiger partial charge in [0.2, 0.25) is 0 Å². The van der Waals surface area contributed by atoms with Crippen molar-refractivity contribution in [1.82, 2.24) is 15.0 Å². The van der Waals surface area contributed by atoms with Crippen molar-refractivity contribution in [3.63, 3.8) is 0 Å². The SMILES string of the molecule is COc1ccc(Nc2nc(-c3cccc(C=Cc4ccc(C(=O)O)cc4)c3)nc3scnc23)cc1OC. The van der Waals surface area contributed by atoms with E-state index >= 15 is 0 Å². The van der Waals surface area contributed by atoms with E-state index in [2.05, 4.69) is 10.3 Å². The molecule has 0 aliphatic heterocycles. The lowest BCUT2D eigenvalue weighted by Gasteiger charge is -2.12. The third kappa shape index (κ3) is 5.26. The largest absolute Gasteiger partial charge is 0.493 e. The summed E-state index contributed by atoms with van der Waals surface area (Å²) >= 11 is 1.45. The van der Waals surface area contributed by atoms with Crippen LogP contribution in [0.25, 0.3) is 33.9 Å². The van der Waals surface area contributed by atoms with E-state index < -0.39 is 5.97 Å². The molecule has 2 N–H and O–H groups in total. The molecule has 3 aromatic carbocycles. The van der Waals surface area contributed by atoms with Crippen LogP contribution in [0.15, 0.2) is 72.2 Å². The number of thiazole rings is 1. The van der Waals surface area contributed by atoms with Gasteiger partial charge in [-0.25, -0.2) is 19.7 Å². The fourth-order valence-electron chi connectivity index (χ4n) is 3.74. The molecule has 0 saturated heterocycles. The zero-order valence-corrected chi connectivity index (χ0v) is 20.8. The molecule has 0 bridgehead atoms. The first-order valence-electron chi connectivity index (χ1n) is 11.3. The number of hydrogen-bond donors (Lipinski definition) is 2. The molecule has 0 aliphatic carbocycles. The molecule has 0 unspecified atom stereocenters. The van der Waals surface area contributed by atoms with Gasteiger partial charge in [-0.1, -0.05) is 42.5 Å². The molecule has 0 spiro atoms. The number of carboxylic acids is 1. The Morgan fingerprint density at radius 3 is 2.46 bits per heavy atom. The lowest BCUT2D eigenvalue weighted by Crippen LogP contribution is -2.00. The van der Waals surface area contributed by atoms with Gasteiger partial charge in [0.1, 0.15) is 10.3 Å². The Balaban J connectivity index is 1.45. The van der Waals surface area contributed by atoms with Gasteiger partial charge in [-0.2, -0.15) is 0 Å². The molecule has 0 atom stereocenters. The molecule has 5 rings (SSSR count). The number of nitrogens with one attached hydrogen (secondary N) is 1. The summed E-state index contributed by atoms with van der Waals surface area (Å²) in [5.74, 6) is 1.46. The number of ether oxygens (including phenoxy) is 2. The lowest BCUT2D eigenvalue weighted by atomic mass is 10.1. The zero-order valence-electron chi connectivity index (χ0n) is 20.0. The molecular formula is C28H22N4O4S. The summed E-state index contributed by atoms with van der Waals surface area (Å²) in [5.41, 5.74) is 6.19. The molecule has 0 radical (unpaired) electrons. The average Bonchev–Trinajstić information content (AvgIpc) is 3.41. The average molecular weight is 511 g/mol. The number of rotatable bonds is 8. The highest BCUT2D eigenvalue weighted by Gasteiger charge is 2.14. The predicted molar refractivity (Wildman–Crippen MR) is 146 cm³/mol. The van der Waals surface area contributed by atoms with Crippen molar-refractivity contribution in [2.45, 2.75) is 0 Å². The number of aromatic carboxylic acids is 1. The first-order valence-corrected chi connectivity index (χ1v) is 12.1. The fraction of sp³-hybridized carbons (Fsp3) is 0.0714. The molecule has 37 heavy (non-hydrogen) atoms. The third-order valence-electron chi connectivity index (χ3n) is 5.62. The van der Waals surface area contributed by atoms with E-state index in [1.54, 1.807) is 44.0 Å². The van der Waals surface area contributed by atoms with Crippen LogP contribution >= 0.6 is 11.3 Å². The Kier molecular flexibility index (Phi) is 6.78. The predicted octanol–water partition coefficient (Wildman–Crippen LogP) is 6.38. The molecule has 184 valence electrons. The second kappa shape index (κ2) is 10.5. The molecule has 2 heterocycles. The van der Waals surface area contributed by atoms with Crippen LogP contribution < -0.4 is 14.8 Å². The van der Waals surface area contributed by atoms with Crippen LogP contribution in [0.2, 0.25) is 0 Å². The highest BCUT2D eigenvalue weighted by molar-refractivity contribution is 7.16. The van der Waals surface area contributed by atoms with Gasteiger partial charge in [0.15, 0.2) is 23.1 Å². The number of carboxylic acid groups (broad SMARTS) is 1. The van der Waals surface area contributed by atoms with E-state index in [1.165, 1.54) is 11.3 Å². The summed E-state index contributed by atoms with van der Waals surface area (Å²) in [6.45, 7) is 0. The Morgan fingerprint density at radius 1 is 0.919 bits per heavy atom. The van der Waals surface area contributed by atoms with Gasteiger partial charge < -0.3 is 19.9 Å². The minimum atomic E-state index is -0.943. The smallest absolute Gasteiger partial charge is 0.335 e. The molecule has 0 saturated carbocycles. The van der Waals surface area contributed by atoms with Gasteiger partial charge in [0.05, 0.1) is 25.3 Å². The van der Waals surface area contributed by atoms with Crippen molar-refractivity contribution in [2.24, 2.45) is 0 Å². The Labute approximate surface area is 216 Å². The van der Waals surface area contributed by atoms with Crippen molar-refractivity contribution >= 4 is 51.3 Å². The normalized spacial score (nSPS) is 11.1. The van der Waals surface area contributed by atoms with Crippen LogP contribution in [0.1, 0.15) is 21.5 Å². The summed E-state index contributed by atoms with van der Waals surface area (Å²) in [5, 5.41) is 12.4. The third-order valence-corrected chi connectivity index (χ3v) is 6.33. The van der Waals surface area contributed by atoms with Crippen molar-refractivity contribution in [1.29, 1.82) is 0 Å². The Bertz CT molecular complexity index is 1610. The molecule has 0 amide bonds. The maximum atomic E-state index is 11.1. The number of methoxy groups -OCH3 is 2. The van der Waals surface area contributed by atoms with Crippen LogP contribution in [-0.2, 0) is 0 Å². The van der Waals surface area contributed by atoms with Crippen molar-refractivity contribution < 1.29 is 19.4 Å². The fourth-order valence-corrected chi connectivity index (χ4v) is 4.40. The van der Waals surface area contributed by atoms with Crippen LogP contribution in [0.5, 0.6) is 11.5 Å². The second-order valence-electron chi connectivity index (χ2n) is 7.98. The molecule has 5 aromatic rings. The number of benzene rings is 3. The highest BCUT2D eigenvalue weighted by Crippen LogP contribution is 2.33. The van der Waals surface area contributed by atoms with Crippen LogP contribution in [0.3, 0.4) is 0 Å².